The number of rotatable bonds is 8. The van der Waals surface area contributed by atoms with Crippen molar-refractivity contribution in [1.29, 1.82) is 0 Å². The lowest BCUT2D eigenvalue weighted by Gasteiger charge is -2.12. The zero-order valence-electron chi connectivity index (χ0n) is 19.3. The maximum atomic E-state index is 12.8. The number of aryl methyl sites for hydroxylation is 1. The molecule has 1 saturated heterocycles. The second-order valence-corrected chi connectivity index (χ2v) is 8.86. The molecule has 0 aliphatic carbocycles. The first-order valence-electron chi connectivity index (χ1n) is 10.9. The summed E-state index contributed by atoms with van der Waals surface area (Å²) >= 11 is 0.798. The van der Waals surface area contributed by atoms with Gasteiger partial charge in [0.05, 0.1) is 12.0 Å². The van der Waals surface area contributed by atoms with Gasteiger partial charge in [0.2, 0.25) is 5.91 Å². The van der Waals surface area contributed by atoms with Crippen LogP contribution in [0.4, 0.5) is 10.5 Å². The number of nitrogens with zero attached hydrogens (tertiary/aromatic N) is 1. The van der Waals surface area contributed by atoms with Crippen LogP contribution in [0.5, 0.6) is 11.5 Å². The van der Waals surface area contributed by atoms with E-state index in [0.717, 1.165) is 22.2 Å². The van der Waals surface area contributed by atoms with Crippen molar-refractivity contribution in [2.24, 2.45) is 0 Å². The first-order chi connectivity index (χ1) is 16.9. The largest absolute Gasteiger partial charge is 0.493 e. The number of hydrogen-bond acceptors (Lipinski definition) is 6. The van der Waals surface area contributed by atoms with E-state index in [9.17, 15) is 14.4 Å². The van der Waals surface area contributed by atoms with Crippen molar-refractivity contribution < 1.29 is 23.9 Å². The van der Waals surface area contributed by atoms with Gasteiger partial charge in [0.25, 0.3) is 11.1 Å². The second-order valence-electron chi connectivity index (χ2n) is 7.87. The average molecular weight is 489 g/mol. The van der Waals surface area contributed by atoms with Crippen molar-refractivity contribution in [2.45, 2.75) is 13.5 Å². The van der Waals surface area contributed by atoms with Crippen LogP contribution in [-0.4, -0.2) is 35.6 Å². The molecule has 1 fully saturated rings. The van der Waals surface area contributed by atoms with Crippen LogP contribution in [0.25, 0.3) is 6.08 Å². The summed E-state index contributed by atoms with van der Waals surface area (Å²) in [5.41, 5.74) is 3.48. The molecule has 1 heterocycles. The van der Waals surface area contributed by atoms with Crippen LogP contribution < -0.4 is 14.8 Å². The quantitative estimate of drug-likeness (QED) is 0.436. The van der Waals surface area contributed by atoms with Crippen LogP contribution >= 0.6 is 11.8 Å². The van der Waals surface area contributed by atoms with Gasteiger partial charge in [-0.05, 0) is 60.2 Å². The highest BCUT2D eigenvalue weighted by molar-refractivity contribution is 8.18. The third-order valence-electron chi connectivity index (χ3n) is 5.23. The minimum absolute atomic E-state index is 0.234. The molecule has 8 heteroatoms. The van der Waals surface area contributed by atoms with Gasteiger partial charge in [0.1, 0.15) is 13.2 Å². The summed E-state index contributed by atoms with van der Waals surface area (Å²) in [5, 5.41) is 2.19. The zero-order chi connectivity index (χ0) is 24.8. The van der Waals surface area contributed by atoms with Crippen LogP contribution in [0.15, 0.2) is 77.7 Å². The number of thioether (sulfide) groups is 1. The van der Waals surface area contributed by atoms with E-state index in [2.05, 4.69) is 5.32 Å². The first-order valence-corrected chi connectivity index (χ1v) is 11.7. The number of carbonyl (C=O) groups excluding carboxylic acids is 3. The fourth-order valence-electron chi connectivity index (χ4n) is 3.39. The molecule has 0 aromatic heterocycles. The highest BCUT2D eigenvalue weighted by atomic mass is 32.2. The van der Waals surface area contributed by atoms with Crippen molar-refractivity contribution in [3.05, 3.63) is 94.4 Å². The number of nitrogens with one attached hydrogen (secondary N) is 1. The number of imide groups is 1. The molecule has 0 bridgehead atoms. The monoisotopic (exact) mass is 488 g/mol. The topological polar surface area (TPSA) is 84.9 Å². The molecule has 0 unspecified atom stereocenters. The maximum absolute atomic E-state index is 12.8. The fourth-order valence-corrected chi connectivity index (χ4v) is 4.23. The van der Waals surface area contributed by atoms with E-state index in [-0.39, 0.29) is 11.4 Å². The Labute approximate surface area is 207 Å². The van der Waals surface area contributed by atoms with Crippen molar-refractivity contribution in [2.75, 3.05) is 19.0 Å². The van der Waals surface area contributed by atoms with Crippen LogP contribution in [0, 0.1) is 6.92 Å². The van der Waals surface area contributed by atoms with E-state index in [1.165, 1.54) is 12.7 Å². The summed E-state index contributed by atoms with van der Waals surface area (Å²) in [6.07, 6.45) is 1.60. The van der Waals surface area contributed by atoms with Gasteiger partial charge >= 0.3 is 0 Å². The van der Waals surface area contributed by atoms with Crippen molar-refractivity contribution in [1.82, 2.24) is 4.90 Å². The van der Waals surface area contributed by atoms with Gasteiger partial charge in [-0.15, -0.1) is 0 Å². The van der Waals surface area contributed by atoms with Crippen molar-refractivity contribution >= 4 is 40.6 Å². The van der Waals surface area contributed by atoms with Crippen LogP contribution in [0.3, 0.4) is 0 Å². The lowest BCUT2D eigenvalue weighted by atomic mass is 10.1. The zero-order valence-corrected chi connectivity index (χ0v) is 20.1. The Balaban J connectivity index is 1.42. The van der Waals surface area contributed by atoms with Crippen LogP contribution in [0.2, 0.25) is 0 Å². The number of hydrogen-bond donors (Lipinski definition) is 1. The van der Waals surface area contributed by atoms with Crippen LogP contribution in [0.1, 0.15) is 16.7 Å². The van der Waals surface area contributed by atoms with Crippen LogP contribution in [-0.2, 0) is 16.2 Å². The number of benzene rings is 3. The summed E-state index contributed by atoms with van der Waals surface area (Å²) in [6, 6.07) is 22.2. The molecular weight excluding hydrogens is 464 g/mol. The lowest BCUT2D eigenvalue weighted by Crippen LogP contribution is -2.36. The fraction of sp³-hybridized carbons (Fsp3) is 0.148. The van der Waals surface area contributed by atoms with Crippen molar-refractivity contribution in [3.63, 3.8) is 0 Å². The predicted molar refractivity (Wildman–Crippen MR) is 136 cm³/mol. The van der Waals surface area contributed by atoms with Gasteiger partial charge in [-0.3, -0.25) is 19.3 Å². The van der Waals surface area contributed by atoms with Gasteiger partial charge in [0, 0.05) is 5.69 Å². The Bertz CT molecular complexity index is 1270. The van der Waals surface area contributed by atoms with E-state index in [4.69, 9.17) is 9.47 Å². The lowest BCUT2D eigenvalue weighted by molar-refractivity contribution is -0.127. The minimum Gasteiger partial charge on any atom is -0.493 e. The molecule has 3 aromatic carbocycles. The molecular formula is C27H24N2O5S. The summed E-state index contributed by atoms with van der Waals surface area (Å²) in [5.74, 6) is 0.113. The minimum atomic E-state index is -0.512. The van der Waals surface area contributed by atoms with E-state index in [0.29, 0.717) is 29.4 Å². The molecule has 3 aromatic rings. The summed E-state index contributed by atoms with van der Waals surface area (Å²) in [6.45, 7) is 2.06. The molecule has 3 amide bonds. The molecule has 35 heavy (non-hydrogen) atoms. The molecule has 0 saturated carbocycles. The Morgan fingerprint density at radius 1 is 1.00 bits per heavy atom. The Hall–Kier alpha value is -4.04. The number of amides is 3. The van der Waals surface area contributed by atoms with E-state index in [1.54, 1.807) is 48.5 Å². The third kappa shape index (κ3) is 6.10. The number of anilines is 1. The molecule has 0 radical (unpaired) electrons. The summed E-state index contributed by atoms with van der Waals surface area (Å²) in [4.78, 5) is 38.7. The molecule has 4 rings (SSSR count). The van der Waals surface area contributed by atoms with Gasteiger partial charge in [-0.1, -0.05) is 54.1 Å². The number of methoxy groups -OCH3 is 1. The van der Waals surface area contributed by atoms with Crippen molar-refractivity contribution in [3.8, 4) is 11.5 Å². The molecule has 0 spiro atoms. The molecule has 1 aliphatic rings. The van der Waals surface area contributed by atoms with E-state index < -0.39 is 17.1 Å². The highest BCUT2D eigenvalue weighted by Gasteiger charge is 2.36. The Kier molecular flexibility index (Phi) is 7.52. The van der Waals surface area contributed by atoms with Gasteiger partial charge in [-0.25, -0.2) is 0 Å². The Morgan fingerprint density at radius 3 is 2.46 bits per heavy atom. The van der Waals surface area contributed by atoms with Gasteiger partial charge in [-0.2, -0.15) is 0 Å². The standard InChI is InChI=1S/C27H24N2O5S/c1-18-8-10-19(11-9-18)17-34-22-13-12-20(14-23(22)33-2)15-24-26(31)29(27(32)35-24)16-25(30)28-21-6-4-3-5-7-21/h3-15H,16-17H2,1-2H3,(H,28,30)/b24-15-. The van der Waals surface area contributed by atoms with E-state index in [1.807, 2.05) is 37.3 Å². The number of para-hydroxylation sites is 1. The normalized spacial score (nSPS) is 14.3. The third-order valence-corrected chi connectivity index (χ3v) is 6.14. The van der Waals surface area contributed by atoms with Gasteiger partial charge < -0.3 is 14.8 Å². The predicted octanol–water partition coefficient (Wildman–Crippen LogP) is 5.26. The molecule has 7 nitrogen and oxygen atoms in total. The Morgan fingerprint density at radius 2 is 1.74 bits per heavy atom. The summed E-state index contributed by atoms with van der Waals surface area (Å²) in [7, 11) is 1.54. The highest BCUT2D eigenvalue weighted by Crippen LogP contribution is 2.34. The number of ether oxygens (including phenoxy) is 2. The molecule has 1 aliphatic heterocycles. The maximum Gasteiger partial charge on any atom is 0.294 e. The molecule has 0 atom stereocenters. The number of carbonyl (C=O) groups is 3. The smallest absolute Gasteiger partial charge is 0.294 e. The SMILES string of the molecule is COc1cc(/C=C2\SC(=O)N(CC(=O)Nc3ccccc3)C2=O)ccc1OCc1ccc(C)cc1. The van der Waals surface area contributed by atoms with E-state index >= 15 is 0 Å². The second kappa shape index (κ2) is 10.9. The summed E-state index contributed by atoms with van der Waals surface area (Å²) < 4.78 is 11.4. The first kappa shape index (κ1) is 24.1. The average Bonchev–Trinajstić information content (AvgIpc) is 3.12. The van der Waals surface area contributed by atoms with Gasteiger partial charge in [0.15, 0.2) is 11.5 Å². The molecule has 178 valence electrons. The molecule has 1 N–H and O–H groups in total.